The number of benzene rings is 1. The number of amides is 3. The van der Waals surface area contributed by atoms with Gasteiger partial charge in [0.25, 0.3) is 11.8 Å². The third-order valence-corrected chi connectivity index (χ3v) is 6.94. The lowest BCUT2D eigenvalue weighted by molar-refractivity contribution is -0.128. The van der Waals surface area contributed by atoms with Crippen molar-refractivity contribution in [2.24, 2.45) is 5.92 Å². The van der Waals surface area contributed by atoms with Gasteiger partial charge in [0.2, 0.25) is 5.91 Å². The van der Waals surface area contributed by atoms with E-state index in [2.05, 4.69) is 5.32 Å². The highest BCUT2D eigenvalue weighted by molar-refractivity contribution is 6.42. The molecule has 0 radical (unpaired) electrons. The van der Waals surface area contributed by atoms with E-state index in [0.717, 1.165) is 0 Å². The maximum atomic E-state index is 13.4. The predicted octanol–water partition coefficient (Wildman–Crippen LogP) is 3.83. The molecule has 1 atom stereocenters. The third kappa shape index (κ3) is 4.80. The molecule has 2 saturated heterocycles. The van der Waals surface area contributed by atoms with Gasteiger partial charge in [-0.05, 0) is 36.2 Å². The maximum absolute atomic E-state index is 13.4. The van der Waals surface area contributed by atoms with Gasteiger partial charge in [0.05, 0.1) is 22.9 Å². The first kappa shape index (κ1) is 24.6. The minimum absolute atomic E-state index is 0.0805. The van der Waals surface area contributed by atoms with Gasteiger partial charge in [-0.2, -0.15) is 0 Å². The van der Waals surface area contributed by atoms with Crippen molar-refractivity contribution in [3.8, 4) is 0 Å². The Hall–Kier alpha value is -2.55. The van der Waals surface area contributed by atoms with Crippen molar-refractivity contribution in [3.05, 3.63) is 58.0 Å². The van der Waals surface area contributed by atoms with Crippen LogP contribution in [-0.2, 0) is 9.53 Å². The Bertz CT molecular complexity index is 1060. The molecule has 8 nitrogen and oxygen atoms in total. The van der Waals surface area contributed by atoms with Crippen LogP contribution < -0.4 is 5.32 Å². The van der Waals surface area contributed by atoms with Crippen LogP contribution in [0.5, 0.6) is 0 Å². The SMILES string of the molecule is CC(C)CNC(=O)[C@@H]1COC2(CCN(C(=O)c3ccc(Cl)c(Cl)c3)CC2)N1C(=O)c1ccco1. The van der Waals surface area contributed by atoms with Crippen molar-refractivity contribution in [2.45, 2.75) is 38.5 Å². The van der Waals surface area contributed by atoms with Crippen molar-refractivity contribution in [1.29, 1.82) is 0 Å². The molecular weight excluding hydrogens is 481 g/mol. The van der Waals surface area contributed by atoms with Crippen LogP contribution >= 0.6 is 23.2 Å². The number of nitrogens with zero attached hydrogens (tertiary/aromatic N) is 2. The van der Waals surface area contributed by atoms with Crippen LogP contribution in [0.1, 0.15) is 47.6 Å². The van der Waals surface area contributed by atoms with E-state index in [-0.39, 0.29) is 30.1 Å². The second kappa shape index (κ2) is 9.98. The number of piperidine rings is 1. The molecule has 1 spiro atoms. The lowest BCUT2D eigenvalue weighted by Crippen LogP contribution is -2.60. The standard InChI is InChI=1S/C24H27Cl2N3O5/c1-15(2)13-27-21(30)19-14-34-24(29(19)23(32)20-4-3-11-33-20)7-9-28(10-8-24)22(31)16-5-6-17(25)18(26)12-16/h3-6,11-12,15,19H,7-10,13-14H2,1-2H3,(H,27,30)/t19-/m0/s1. The minimum Gasteiger partial charge on any atom is -0.459 e. The van der Waals surface area contributed by atoms with Crippen molar-refractivity contribution in [2.75, 3.05) is 26.2 Å². The smallest absolute Gasteiger partial charge is 0.292 e. The van der Waals surface area contributed by atoms with E-state index < -0.39 is 17.7 Å². The van der Waals surface area contributed by atoms with Gasteiger partial charge in [0.15, 0.2) is 5.76 Å². The van der Waals surface area contributed by atoms with Gasteiger partial charge in [-0.3, -0.25) is 19.3 Å². The Labute approximate surface area is 208 Å². The monoisotopic (exact) mass is 507 g/mol. The van der Waals surface area contributed by atoms with Crippen molar-refractivity contribution in [1.82, 2.24) is 15.1 Å². The highest BCUT2D eigenvalue weighted by Gasteiger charge is 2.54. The van der Waals surface area contributed by atoms with Gasteiger partial charge in [-0.25, -0.2) is 0 Å². The zero-order valence-electron chi connectivity index (χ0n) is 19.1. The second-order valence-corrected chi connectivity index (χ2v) is 9.80. The molecule has 4 rings (SSSR count). The van der Waals surface area contributed by atoms with Gasteiger partial charge < -0.3 is 19.4 Å². The quantitative estimate of drug-likeness (QED) is 0.663. The zero-order valence-corrected chi connectivity index (χ0v) is 20.6. The number of rotatable bonds is 5. The molecule has 0 aliphatic carbocycles. The highest BCUT2D eigenvalue weighted by atomic mass is 35.5. The summed E-state index contributed by atoms with van der Waals surface area (Å²) in [6, 6.07) is 7.18. The molecule has 3 amide bonds. The molecule has 2 aromatic rings. The Morgan fingerprint density at radius 2 is 1.85 bits per heavy atom. The summed E-state index contributed by atoms with van der Waals surface area (Å²) in [5.74, 6) is -0.441. The van der Waals surface area contributed by atoms with Crippen LogP contribution in [0.2, 0.25) is 10.0 Å². The topological polar surface area (TPSA) is 92.1 Å². The Morgan fingerprint density at radius 1 is 1.12 bits per heavy atom. The van der Waals surface area contributed by atoms with E-state index in [1.54, 1.807) is 35.2 Å². The Morgan fingerprint density at radius 3 is 2.47 bits per heavy atom. The molecule has 2 fully saturated rings. The van der Waals surface area contributed by atoms with Crippen molar-refractivity contribution < 1.29 is 23.5 Å². The number of halogens is 2. The summed E-state index contributed by atoms with van der Waals surface area (Å²) in [6.45, 7) is 5.27. The van der Waals surface area contributed by atoms with Crippen molar-refractivity contribution >= 4 is 40.9 Å². The van der Waals surface area contributed by atoms with Gasteiger partial charge in [-0.15, -0.1) is 0 Å². The number of hydrogen-bond donors (Lipinski definition) is 1. The van der Waals surface area contributed by atoms with E-state index >= 15 is 0 Å². The molecule has 34 heavy (non-hydrogen) atoms. The average molecular weight is 508 g/mol. The number of carbonyl (C=O) groups is 3. The van der Waals surface area contributed by atoms with Crippen LogP contribution in [-0.4, -0.2) is 65.5 Å². The first-order valence-electron chi connectivity index (χ1n) is 11.2. The van der Waals surface area contributed by atoms with E-state index in [1.807, 2.05) is 13.8 Å². The van der Waals surface area contributed by atoms with Crippen LogP contribution in [0.15, 0.2) is 41.0 Å². The largest absolute Gasteiger partial charge is 0.459 e. The van der Waals surface area contributed by atoms with Crippen LogP contribution in [0.3, 0.4) is 0 Å². The number of carbonyl (C=O) groups excluding carboxylic acids is 3. The fourth-order valence-corrected chi connectivity index (χ4v) is 4.68. The van der Waals surface area contributed by atoms with E-state index in [9.17, 15) is 14.4 Å². The lowest BCUT2D eigenvalue weighted by Gasteiger charge is -2.44. The molecule has 0 saturated carbocycles. The number of furan rings is 1. The molecule has 182 valence electrons. The Kier molecular flexibility index (Phi) is 7.21. The third-order valence-electron chi connectivity index (χ3n) is 6.20. The van der Waals surface area contributed by atoms with Gasteiger partial charge in [0, 0.05) is 38.0 Å². The lowest BCUT2D eigenvalue weighted by atomic mass is 9.96. The molecule has 1 aromatic carbocycles. The maximum Gasteiger partial charge on any atom is 0.292 e. The van der Waals surface area contributed by atoms with Crippen LogP contribution in [0, 0.1) is 5.92 Å². The van der Waals surface area contributed by atoms with Gasteiger partial charge in [-0.1, -0.05) is 37.0 Å². The van der Waals surface area contributed by atoms with Gasteiger partial charge in [0.1, 0.15) is 11.8 Å². The average Bonchev–Trinajstić information content (AvgIpc) is 3.48. The van der Waals surface area contributed by atoms with Crippen molar-refractivity contribution in [3.63, 3.8) is 0 Å². The molecule has 3 heterocycles. The number of hydrogen-bond acceptors (Lipinski definition) is 5. The molecule has 0 unspecified atom stereocenters. The summed E-state index contributed by atoms with van der Waals surface area (Å²) < 4.78 is 11.5. The number of nitrogens with one attached hydrogen (secondary N) is 1. The molecular formula is C24H27Cl2N3O5. The Balaban J connectivity index is 1.53. The highest BCUT2D eigenvalue weighted by Crippen LogP contribution is 2.39. The summed E-state index contributed by atoms with van der Waals surface area (Å²) in [4.78, 5) is 42.6. The van der Waals surface area contributed by atoms with Crippen LogP contribution in [0.4, 0.5) is 0 Å². The first-order chi connectivity index (χ1) is 16.2. The first-order valence-corrected chi connectivity index (χ1v) is 12.0. The number of ether oxygens (including phenoxy) is 1. The molecule has 0 bridgehead atoms. The molecule has 1 aromatic heterocycles. The minimum atomic E-state index is -1.00. The summed E-state index contributed by atoms with van der Waals surface area (Å²) in [5, 5.41) is 3.59. The second-order valence-electron chi connectivity index (χ2n) is 8.99. The van der Waals surface area contributed by atoms with Crippen LogP contribution in [0.25, 0.3) is 0 Å². The molecule has 2 aliphatic rings. The molecule has 2 aliphatic heterocycles. The van der Waals surface area contributed by atoms with E-state index in [0.29, 0.717) is 48.1 Å². The summed E-state index contributed by atoms with van der Waals surface area (Å²) in [5.41, 5.74) is -0.565. The number of likely N-dealkylation sites (tertiary alicyclic amines) is 1. The fourth-order valence-electron chi connectivity index (χ4n) is 4.38. The summed E-state index contributed by atoms with van der Waals surface area (Å²) in [6.07, 6.45) is 2.14. The normalized spacial score (nSPS) is 19.6. The summed E-state index contributed by atoms with van der Waals surface area (Å²) >= 11 is 12.0. The summed E-state index contributed by atoms with van der Waals surface area (Å²) in [7, 11) is 0. The van der Waals surface area contributed by atoms with E-state index in [1.165, 1.54) is 11.2 Å². The molecule has 10 heteroatoms. The zero-order chi connectivity index (χ0) is 24.5. The molecule has 1 N–H and O–H groups in total. The van der Waals surface area contributed by atoms with Gasteiger partial charge >= 0.3 is 0 Å². The van der Waals surface area contributed by atoms with E-state index in [4.69, 9.17) is 32.4 Å². The fraction of sp³-hybridized carbons (Fsp3) is 0.458. The predicted molar refractivity (Wildman–Crippen MR) is 127 cm³/mol.